The van der Waals surface area contributed by atoms with Crippen molar-refractivity contribution in [1.82, 2.24) is 0 Å². The van der Waals surface area contributed by atoms with E-state index in [1.54, 1.807) is 0 Å². The third kappa shape index (κ3) is 10.9. The Morgan fingerprint density at radius 2 is 1.70 bits per heavy atom. The summed E-state index contributed by atoms with van der Waals surface area (Å²) < 4.78 is 0. The summed E-state index contributed by atoms with van der Waals surface area (Å²) in [6.07, 6.45) is 10.1. The maximum absolute atomic E-state index is 3.68. The van der Waals surface area contributed by atoms with E-state index < -0.39 is 0 Å². The van der Waals surface area contributed by atoms with Gasteiger partial charge in [-0.05, 0) is 12.8 Å². The van der Waals surface area contributed by atoms with Crippen molar-refractivity contribution in [1.29, 1.82) is 0 Å². The molecule has 0 aromatic heterocycles. The molecule has 0 saturated carbocycles. The molecule has 0 bridgehead atoms. The first-order chi connectivity index (χ1) is 4.41. The summed E-state index contributed by atoms with van der Waals surface area (Å²) in [6, 6.07) is 0. The Morgan fingerprint density at radius 3 is 2.20 bits per heavy atom. The van der Waals surface area contributed by atoms with E-state index in [9.17, 15) is 0 Å². The van der Waals surface area contributed by atoms with Gasteiger partial charge in [-0.3, -0.25) is 0 Å². The summed E-state index contributed by atoms with van der Waals surface area (Å²) in [5.41, 5.74) is 0. The van der Waals surface area contributed by atoms with Gasteiger partial charge in [0.1, 0.15) is 0 Å². The number of unbranched alkanes of at least 4 members (excludes halogenated alkanes) is 5. The summed E-state index contributed by atoms with van der Waals surface area (Å²) in [4.78, 5) is 0. The van der Waals surface area contributed by atoms with E-state index >= 15 is 0 Å². The fourth-order valence-corrected chi connectivity index (χ4v) is 0.892. The third-order valence-corrected chi connectivity index (χ3v) is 1.51. The SMILES string of the molecule is C=CCCCCCCC.Cl. The molecule has 0 aromatic carbocycles. The van der Waals surface area contributed by atoms with Crippen LogP contribution in [-0.2, 0) is 0 Å². The third-order valence-electron chi connectivity index (χ3n) is 1.51. The molecular formula is C9H19Cl. The molecule has 0 rings (SSSR count). The lowest BCUT2D eigenvalue weighted by Gasteiger charge is -1.94. The Bertz CT molecular complexity index is 59.7. The monoisotopic (exact) mass is 162 g/mol. The zero-order valence-electron chi connectivity index (χ0n) is 6.94. The molecule has 62 valence electrons. The van der Waals surface area contributed by atoms with E-state index in [1.807, 2.05) is 6.08 Å². The van der Waals surface area contributed by atoms with Crippen LogP contribution in [0, 0.1) is 0 Å². The predicted molar refractivity (Wildman–Crippen MR) is 50.8 cm³/mol. The van der Waals surface area contributed by atoms with Crippen molar-refractivity contribution in [3.05, 3.63) is 12.7 Å². The molecule has 0 spiro atoms. The summed E-state index contributed by atoms with van der Waals surface area (Å²) in [7, 11) is 0. The van der Waals surface area contributed by atoms with Crippen LogP contribution in [0.4, 0.5) is 0 Å². The number of allylic oxidation sites excluding steroid dienone is 1. The van der Waals surface area contributed by atoms with E-state index in [1.165, 1.54) is 38.5 Å². The van der Waals surface area contributed by atoms with Crippen molar-refractivity contribution in [3.8, 4) is 0 Å². The van der Waals surface area contributed by atoms with Gasteiger partial charge < -0.3 is 0 Å². The molecular weight excluding hydrogens is 144 g/mol. The largest absolute Gasteiger partial charge is 0.147 e. The summed E-state index contributed by atoms with van der Waals surface area (Å²) in [5.74, 6) is 0. The lowest BCUT2D eigenvalue weighted by atomic mass is 10.1. The minimum atomic E-state index is 0. The molecule has 0 aliphatic heterocycles. The molecule has 0 heterocycles. The van der Waals surface area contributed by atoms with Gasteiger partial charge in [-0.1, -0.05) is 38.7 Å². The number of hydrogen-bond acceptors (Lipinski definition) is 0. The van der Waals surface area contributed by atoms with E-state index in [2.05, 4.69) is 13.5 Å². The second kappa shape index (κ2) is 11.8. The van der Waals surface area contributed by atoms with E-state index in [0.29, 0.717) is 0 Å². The standard InChI is InChI=1S/C9H18.ClH/c1-3-5-7-9-8-6-4-2;/h3H,1,4-9H2,2H3;1H. The van der Waals surface area contributed by atoms with Crippen LogP contribution in [0.25, 0.3) is 0 Å². The lowest BCUT2D eigenvalue weighted by molar-refractivity contribution is 0.638. The molecule has 0 fully saturated rings. The van der Waals surface area contributed by atoms with Crippen molar-refractivity contribution in [3.63, 3.8) is 0 Å². The average molecular weight is 163 g/mol. The first-order valence-electron chi connectivity index (χ1n) is 4.02. The Hall–Kier alpha value is 0.0300. The smallest absolute Gasteiger partial charge is 0.0353 e. The Kier molecular flexibility index (Phi) is 14.9. The van der Waals surface area contributed by atoms with Crippen molar-refractivity contribution in [2.24, 2.45) is 0 Å². The fraction of sp³-hybridized carbons (Fsp3) is 0.778. The zero-order valence-corrected chi connectivity index (χ0v) is 7.75. The molecule has 0 aliphatic rings. The van der Waals surface area contributed by atoms with Gasteiger partial charge in [0, 0.05) is 0 Å². The molecule has 0 unspecified atom stereocenters. The fourth-order valence-electron chi connectivity index (χ4n) is 0.892. The lowest BCUT2D eigenvalue weighted by Crippen LogP contribution is -1.74. The van der Waals surface area contributed by atoms with Gasteiger partial charge in [-0.15, -0.1) is 19.0 Å². The highest BCUT2D eigenvalue weighted by Gasteiger charge is 1.84. The molecule has 0 atom stereocenters. The molecule has 10 heavy (non-hydrogen) atoms. The van der Waals surface area contributed by atoms with Gasteiger partial charge in [0.15, 0.2) is 0 Å². The van der Waals surface area contributed by atoms with Crippen molar-refractivity contribution >= 4 is 12.4 Å². The minimum Gasteiger partial charge on any atom is -0.147 e. The molecule has 0 N–H and O–H groups in total. The maximum atomic E-state index is 3.68. The Labute approximate surface area is 71.1 Å². The van der Waals surface area contributed by atoms with Crippen LogP contribution in [-0.4, -0.2) is 0 Å². The second-order valence-corrected chi connectivity index (χ2v) is 2.49. The number of halogens is 1. The van der Waals surface area contributed by atoms with Crippen molar-refractivity contribution in [2.75, 3.05) is 0 Å². The highest BCUT2D eigenvalue weighted by molar-refractivity contribution is 5.85. The van der Waals surface area contributed by atoms with Crippen molar-refractivity contribution in [2.45, 2.75) is 45.4 Å². The average Bonchev–Trinajstić information content (AvgIpc) is 1.89. The van der Waals surface area contributed by atoms with Gasteiger partial charge in [0.25, 0.3) is 0 Å². The first kappa shape index (κ1) is 12.7. The molecule has 0 radical (unpaired) electrons. The quantitative estimate of drug-likeness (QED) is 0.410. The Morgan fingerprint density at radius 1 is 1.10 bits per heavy atom. The van der Waals surface area contributed by atoms with Crippen LogP contribution in [0.1, 0.15) is 45.4 Å². The highest BCUT2D eigenvalue weighted by atomic mass is 35.5. The van der Waals surface area contributed by atoms with E-state index in [0.717, 1.165) is 0 Å². The summed E-state index contributed by atoms with van der Waals surface area (Å²) in [6.45, 7) is 5.92. The first-order valence-corrected chi connectivity index (χ1v) is 4.02. The zero-order chi connectivity index (χ0) is 6.95. The van der Waals surface area contributed by atoms with Gasteiger partial charge in [-0.25, -0.2) is 0 Å². The molecule has 0 saturated heterocycles. The highest BCUT2D eigenvalue weighted by Crippen LogP contribution is 2.04. The number of rotatable bonds is 6. The minimum absolute atomic E-state index is 0. The van der Waals surface area contributed by atoms with Crippen LogP contribution in [0.15, 0.2) is 12.7 Å². The molecule has 0 aromatic rings. The van der Waals surface area contributed by atoms with Gasteiger partial charge in [-0.2, -0.15) is 0 Å². The topological polar surface area (TPSA) is 0 Å². The molecule has 0 aliphatic carbocycles. The van der Waals surface area contributed by atoms with Crippen LogP contribution >= 0.6 is 12.4 Å². The van der Waals surface area contributed by atoms with E-state index in [4.69, 9.17) is 0 Å². The molecule has 1 heteroatoms. The normalized spacial score (nSPS) is 8.50. The van der Waals surface area contributed by atoms with Gasteiger partial charge in [0.05, 0.1) is 0 Å². The second-order valence-electron chi connectivity index (χ2n) is 2.49. The van der Waals surface area contributed by atoms with Crippen LogP contribution in [0.2, 0.25) is 0 Å². The predicted octanol–water partition coefficient (Wildman–Crippen LogP) is 3.95. The van der Waals surface area contributed by atoms with E-state index in [-0.39, 0.29) is 12.4 Å². The van der Waals surface area contributed by atoms with Crippen LogP contribution < -0.4 is 0 Å². The maximum Gasteiger partial charge on any atom is -0.0353 e. The van der Waals surface area contributed by atoms with Crippen LogP contribution in [0.3, 0.4) is 0 Å². The van der Waals surface area contributed by atoms with Crippen LogP contribution in [0.5, 0.6) is 0 Å². The molecule has 0 amide bonds. The van der Waals surface area contributed by atoms with Gasteiger partial charge >= 0.3 is 0 Å². The summed E-state index contributed by atoms with van der Waals surface area (Å²) in [5, 5.41) is 0. The summed E-state index contributed by atoms with van der Waals surface area (Å²) >= 11 is 0. The number of hydrogen-bond donors (Lipinski definition) is 0. The molecule has 0 nitrogen and oxygen atoms in total. The van der Waals surface area contributed by atoms with Crippen molar-refractivity contribution < 1.29 is 0 Å². The van der Waals surface area contributed by atoms with Gasteiger partial charge in [0.2, 0.25) is 0 Å². The Balaban J connectivity index is 0.